The second-order valence-electron chi connectivity index (χ2n) is 5.71. The fourth-order valence-corrected chi connectivity index (χ4v) is 4.09. The molecule has 0 unspecified atom stereocenters. The number of hydrogen-bond donors (Lipinski definition) is 2. The van der Waals surface area contributed by atoms with Crippen molar-refractivity contribution in [2.75, 3.05) is 12.3 Å². The number of hydrogen-bond acceptors (Lipinski definition) is 5. The van der Waals surface area contributed by atoms with Crippen molar-refractivity contribution in [3.63, 3.8) is 0 Å². The van der Waals surface area contributed by atoms with Crippen molar-refractivity contribution in [1.29, 1.82) is 5.26 Å². The molecule has 0 bridgehead atoms. The van der Waals surface area contributed by atoms with E-state index in [4.69, 9.17) is 10.5 Å². The van der Waals surface area contributed by atoms with E-state index in [0.29, 0.717) is 5.56 Å². The molecule has 1 atom stereocenters. The van der Waals surface area contributed by atoms with Crippen molar-refractivity contribution in [1.82, 2.24) is 9.97 Å². The van der Waals surface area contributed by atoms with Gasteiger partial charge in [-0.15, -0.1) is 11.3 Å². The van der Waals surface area contributed by atoms with E-state index < -0.39 is 0 Å². The Balaban J connectivity index is 1.80. The molecule has 1 fully saturated rings. The highest BCUT2D eigenvalue weighted by atomic mass is 32.1. The molecule has 0 amide bonds. The quantitative estimate of drug-likeness (QED) is 0.753. The summed E-state index contributed by atoms with van der Waals surface area (Å²) >= 11 is 1.66. The van der Waals surface area contributed by atoms with Gasteiger partial charge in [-0.3, -0.25) is 0 Å². The van der Waals surface area contributed by atoms with Gasteiger partial charge in [0.1, 0.15) is 17.5 Å². The molecule has 0 saturated carbocycles. The minimum absolute atomic E-state index is 0.177. The largest absolute Gasteiger partial charge is 0.383 e. The van der Waals surface area contributed by atoms with E-state index in [1.807, 2.05) is 30.5 Å². The van der Waals surface area contributed by atoms with E-state index in [-0.39, 0.29) is 11.9 Å². The number of nitrogens with zero attached hydrogens (tertiary/aromatic N) is 2. The van der Waals surface area contributed by atoms with Crippen molar-refractivity contribution in [2.45, 2.75) is 18.9 Å². The van der Waals surface area contributed by atoms with E-state index in [9.17, 15) is 5.26 Å². The van der Waals surface area contributed by atoms with Crippen LogP contribution >= 0.6 is 11.3 Å². The Labute approximate surface area is 143 Å². The summed E-state index contributed by atoms with van der Waals surface area (Å²) in [5.41, 5.74) is 8.90. The number of pyridine rings is 1. The van der Waals surface area contributed by atoms with Crippen molar-refractivity contribution < 1.29 is 4.74 Å². The number of rotatable bonds is 3. The number of ether oxygens (including phenoxy) is 1. The standard InChI is InChI=1S/C18H16N4OS/c19-10-12-11(9-14(22-18(12)20)13-3-1-7-21-13)16-5-6-17(24-16)15-4-2-8-23-15/h1,3,5-7,9,15,21H,2,4,8H2,(H2,20,22)/t15-/m1/s1. The number of thiophene rings is 1. The molecule has 0 aliphatic carbocycles. The Morgan fingerprint density at radius 1 is 1.38 bits per heavy atom. The minimum atomic E-state index is 0.177. The summed E-state index contributed by atoms with van der Waals surface area (Å²) in [5.74, 6) is 0.256. The zero-order chi connectivity index (χ0) is 16.5. The van der Waals surface area contributed by atoms with Gasteiger partial charge in [-0.05, 0) is 43.2 Å². The molecular formula is C18H16N4OS. The van der Waals surface area contributed by atoms with Crippen LogP contribution in [0.1, 0.15) is 29.4 Å². The topological polar surface area (TPSA) is 87.7 Å². The van der Waals surface area contributed by atoms with Gasteiger partial charge in [0.25, 0.3) is 0 Å². The van der Waals surface area contributed by atoms with Crippen molar-refractivity contribution in [3.8, 4) is 27.9 Å². The smallest absolute Gasteiger partial charge is 0.142 e. The number of H-pyrrole nitrogens is 1. The number of anilines is 1. The first-order valence-electron chi connectivity index (χ1n) is 7.82. The summed E-state index contributed by atoms with van der Waals surface area (Å²) in [6, 6.07) is 12.1. The Hall–Kier alpha value is -2.62. The van der Waals surface area contributed by atoms with Gasteiger partial charge in [-0.1, -0.05) is 0 Å². The van der Waals surface area contributed by atoms with Crippen LogP contribution in [0, 0.1) is 11.3 Å². The van der Waals surface area contributed by atoms with E-state index in [1.165, 1.54) is 4.88 Å². The fraction of sp³-hybridized carbons (Fsp3) is 0.222. The highest BCUT2D eigenvalue weighted by Crippen LogP contribution is 2.39. The van der Waals surface area contributed by atoms with E-state index >= 15 is 0 Å². The summed E-state index contributed by atoms with van der Waals surface area (Å²) in [6.45, 7) is 0.820. The molecule has 1 aliphatic heterocycles. The van der Waals surface area contributed by atoms with Crippen LogP contribution in [0.25, 0.3) is 21.8 Å². The molecule has 3 N–H and O–H groups in total. The van der Waals surface area contributed by atoms with Crippen LogP contribution in [0.15, 0.2) is 36.5 Å². The van der Waals surface area contributed by atoms with Gasteiger partial charge < -0.3 is 15.5 Å². The van der Waals surface area contributed by atoms with E-state index in [2.05, 4.69) is 22.1 Å². The lowest BCUT2D eigenvalue weighted by Gasteiger charge is -2.08. The Morgan fingerprint density at radius 2 is 2.29 bits per heavy atom. The SMILES string of the molecule is N#Cc1c(-c2ccc([C@H]3CCCO3)s2)cc(-c2ccc[nH]2)nc1N. The monoisotopic (exact) mass is 336 g/mol. The van der Waals surface area contributed by atoms with Crippen LogP contribution in [0.4, 0.5) is 5.82 Å². The number of nitriles is 1. The maximum Gasteiger partial charge on any atom is 0.142 e. The number of aromatic amines is 1. The van der Waals surface area contributed by atoms with Gasteiger partial charge in [0, 0.05) is 28.1 Å². The molecule has 4 heterocycles. The lowest BCUT2D eigenvalue weighted by Crippen LogP contribution is -1.99. The number of nitrogens with two attached hydrogens (primary N) is 1. The number of nitrogens with one attached hydrogen (secondary N) is 1. The Bertz CT molecular complexity index is 902. The van der Waals surface area contributed by atoms with Gasteiger partial charge in [0.15, 0.2) is 0 Å². The summed E-state index contributed by atoms with van der Waals surface area (Å²) in [6.07, 6.45) is 4.17. The maximum atomic E-state index is 9.50. The Kier molecular flexibility index (Phi) is 3.81. The molecule has 0 aromatic carbocycles. The highest BCUT2D eigenvalue weighted by molar-refractivity contribution is 7.15. The fourth-order valence-electron chi connectivity index (χ4n) is 2.98. The molecule has 1 aliphatic rings. The van der Waals surface area contributed by atoms with Gasteiger partial charge >= 0.3 is 0 Å². The number of nitrogen functional groups attached to an aromatic ring is 1. The van der Waals surface area contributed by atoms with Gasteiger partial charge in [0.05, 0.1) is 17.5 Å². The molecule has 3 aromatic rings. The predicted molar refractivity (Wildman–Crippen MR) is 94.4 cm³/mol. The highest BCUT2D eigenvalue weighted by Gasteiger charge is 2.21. The molecule has 120 valence electrons. The van der Waals surface area contributed by atoms with E-state index in [1.54, 1.807) is 11.3 Å². The number of aromatic nitrogens is 2. The molecule has 6 heteroatoms. The van der Waals surface area contributed by atoms with Crippen LogP contribution in [0.2, 0.25) is 0 Å². The summed E-state index contributed by atoms with van der Waals surface area (Å²) in [5, 5.41) is 9.50. The Morgan fingerprint density at radius 3 is 3.00 bits per heavy atom. The third-order valence-electron chi connectivity index (χ3n) is 4.17. The van der Waals surface area contributed by atoms with Crippen LogP contribution in [0.3, 0.4) is 0 Å². The summed E-state index contributed by atoms with van der Waals surface area (Å²) in [4.78, 5) is 9.70. The lowest BCUT2D eigenvalue weighted by molar-refractivity contribution is 0.114. The molecule has 0 radical (unpaired) electrons. The second kappa shape index (κ2) is 6.11. The molecular weight excluding hydrogens is 320 g/mol. The van der Waals surface area contributed by atoms with Gasteiger partial charge in [-0.25, -0.2) is 4.98 Å². The minimum Gasteiger partial charge on any atom is -0.383 e. The molecule has 1 saturated heterocycles. The first kappa shape index (κ1) is 14.9. The molecule has 4 rings (SSSR count). The third kappa shape index (κ3) is 2.58. The third-order valence-corrected chi connectivity index (χ3v) is 5.38. The molecule has 5 nitrogen and oxygen atoms in total. The zero-order valence-corrected chi connectivity index (χ0v) is 13.8. The van der Waals surface area contributed by atoms with Gasteiger partial charge in [0.2, 0.25) is 0 Å². The predicted octanol–water partition coefficient (Wildman–Crippen LogP) is 4.11. The summed E-state index contributed by atoms with van der Waals surface area (Å²) < 4.78 is 5.75. The van der Waals surface area contributed by atoms with Crippen LogP contribution in [0.5, 0.6) is 0 Å². The molecule has 3 aromatic heterocycles. The van der Waals surface area contributed by atoms with Crippen molar-refractivity contribution in [3.05, 3.63) is 47.0 Å². The first-order valence-corrected chi connectivity index (χ1v) is 8.64. The summed E-state index contributed by atoms with van der Waals surface area (Å²) in [7, 11) is 0. The second-order valence-corrected chi connectivity index (χ2v) is 6.83. The van der Waals surface area contributed by atoms with Crippen LogP contribution in [-0.2, 0) is 4.74 Å². The van der Waals surface area contributed by atoms with E-state index in [0.717, 1.165) is 41.3 Å². The average molecular weight is 336 g/mol. The molecule has 24 heavy (non-hydrogen) atoms. The first-order chi connectivity index (χ1) is 11.8. The zero-order valence-electron chi connectivity index (χ0n) is 13.0. The lowest BCUT2D eigenvalue weighted by atomic mass is 10.1. The van der Waals surface area contributed by atoms with Crippen LogP contribution < -0.4 is 5.73 Å². The van der Waals surface area contributed by atoms with Crippen molar-refractivity contribution in [2.24, 2.45) is 0 Å². The van der Waals surface area contributed by atoms with Crippen LogP contribution in [-0.4, -0.2) is 16.6 Å². The normalized spacial score (nSPS) is 17.0. The van der Waals surface area contributed by atoms with Gasteiger partial charge in [-0.2, -0.15) is 5.26 Å². The average Bonchev–Trinajstić information content (AvgIpc) is 3.35. The van der Waals surface area contributed by atoms with Crippen molar-refractivity contribution >= 4 is 17.2 Å². The molecule has 0 spiro atoms. The maximum absolute atomic E-state index is 9.50.